The molecule has 0 unspecified atom stereocenters. The van der Waals surface area contributed by atoms with Crippen LogP contribution >= 0.6 is 0 Å². The summed E-state index contributed by atoms with van der Waals surface area (Å²) in [6, 6.07) is 43.1. The van der Waals surface area contributed by atoms with Crippen LogP contribution in [0.25, 0.3) is 78.6 Å². The molecule has 0 saturated carbocycles. The first-order valence-corrected chi connectivity index (χ1v) is 14.0. The quantitative estimate of drug-likeness (QED) is 0.212. The fourth-order valence-electron chi connectivity index (χ4n) is 5.33. The van der Waals surface area contributed by atoms with E-state index in [0.29, 0.717) is 23.2 Å². The lowest BCUT2D eigenvalue weighted by Crippen LogP contribution is -2.00. The average molecular weight is 554 g/mol. The molecule has 0 bridgehead atoms. The van der Waals surface area contributed by atoms with Crippen LogP contribution in [-0.4, -0.2) is 24.9 Å². The summed E-state index contributed by atoms with van der Waals surface area (Å²) in [6.07, 6.45) is 3.33. The van der Waals surface area contributed by atoms with Gasteiger partial charge in [0, 0.05) is 34.5 Å². The van der Waals surface area contributed by atoms with E-state index in [-0.39, 0.29) is 0 Å². The Kier molecular flexibility index (Phi) is 6.01. The van der Waals surface area contributed by atoms with Crippen molar-refractivity contribution in [1.82, 2.24) is 24.9 Å². The summed E-state index contributed by atoms with van der Waals surface area (Å²) >= 11 is 0. The number of aromatic nitrogens is 5. The predicted octanol–water partition coefficient (Wildman–Crippen LogP) is 8.90. The lowest BCUT2D eigenvalue weighted by atomic mass is 9.97. The van der Waals surface area contributed by atoms with Gasteiger partial charge in [-0.3, -0.25) is 0 Å². The van der Waals surface area contributed by atoms with Crippen LogP contribution < -0.4 is 0 Å². The fraction of sp³-hybridized carbons (Fsp3) is 0. The summed E-state index contributed by atoms with van der Waals surface area (Å²) in [5.74, 6) is 1.91. The molecule has 0 saturated heterocycles. The molecule has 8 aromatic rings. The van der Waals surface area contributed by atoms with E-state index in [1.807, 2.05) is 78.9 Å². The first kappa shape index (κ1) is 24.8. The zero-order valence-corrected chi connectivity index (χ0v) is 22.9. The third-order valence-corrected chi connectivity index (χ3v) is 7.46. The molecule has 0 atom stereocenters. The van der Waals surface area contributed by atoms with Gasteiger partial charge in [-0.2, -0.15) is 0 Å². The van der Waals surface area contributed by atoms with E-state index in [4.69, 9.17) is 19.4 Å². The normalized spacial score (nSPS) is 11.3. The molecular formula is C37H23N5O. The monoisotopic (exact) mass is 553 g/mol. The van der Waals surface area contributed by atoms with Crippen LogP contribution in [0.2, 0.25) is 0 Å². The van der Waals surface area contributed by atoms with Gasteiger partial charge in [0.1, 0.15) is 11.1 Å². The largest absolute Gasteiger partial charge is 0.436 e. The molecule has 6 heteroatoms. The van der Waals surface area contributed by atoms with Crippen molar-refractivity contribution in [2.24, 2.45) is 0 Å². The Hall–Kier alpha value is -6.01. The Balaban J connectivity index is 1.20. The summed E-state index contributed by atoms with van der Waals surface area (Å²) in [4.78, 5) is 23.4. The molecule has 0 aliphatic heterocycles. The lowest BCUT2D eigenvalue weighted by molar-refractivity contribution is 0.653. The van der Waals surface area contributed by atoms with E-state index in [1.165, 1.54) is 0 Å². The molecular weight excluding hydrogens is 530 g/mol. The van der Waals surface area contributed by atoms with Gasteiger partial charge in [0.15, 0.2) is 17.5 Å². The molecule has 0 fully saturated rings. The van der Waals surface area contributed by atoms with Crippen LogP contribution in [0.5, 0.6) is 0 Å². The molecule has 202 valence electrons. The third kappa shape index (κ3) is 4.71. The second-order valence-corrected chi connectivity index (χ2v) is 10.2. The van der Waals surface area contributed by atoms with Crippen molar-refractivity contribution < 1.29 is 4.42 Å². The molecule has 3 heterocycles. The van der Waals surface area contributed by atoms with Gasteiger partial charge in [0.25, 0.3) is 0 Å². The maximum Gasteiger partial charge on any atom is 0.246 e. The number of hydrogen-bond acceptors (Lipinski definition) is 6. The molecule has 43 heavy (non-hydrogen) atoms. The van der Waals surface area contributed by atoms with Crippen molar-refractivity contribution in [2.45, 2.75) is 0 Å². The molecule has 6 nitrogen and oxygen atoms in total. The van der Waals surface area contributed by atoms with Crippen LogP contribution in [0.3, 0.4) is 0 Å². The van der Waals surface area contributed by atoms with E-state index in [0.717, 1.165) is 55.4 Å². The SMILES string of the molecule is c1ccc(-c2nc(-c3ccccc3)nc(-c3cccc(-c4cccc(-c5ccc6oc7nccnc7c6c5)c4)c3)n2)cc1. The first-order valence-electron chi connectivity index (χ1n) is 14.0. The van der Waals surface area contributed by atoms with Gasteiger partial charge in [-0.05, 0) is 46.5 Å². The van der Waals surface area contributed by atoms with Gasteiger partial charge in [0.05, 0.1) is 0 Å². The molecule has 0 radical (unpaired) electrons. The molecule has 0 aliphatic rings. The number of furan rings is 1. The van der Waals surface area contributed by atoms with E-state index in [9.17, 15) is 0 Å². The van der Waals surface area contributed by atoms with Crippen LogP contribution in [0.1, 0.15) is 0 Å². The smallest absolute Gasteiger partial charge is 0.246 e. The van der Waals surface area contributed by atoms with Crippen molar-refractivity contribution in [1.29, 1.82) is 0 Å². The minimum absolute atomic E-state index is 0.546. The minimum atomic E-state index is 0.546. The molecule has 0 N–H and O–H groups in total. The van der Waals surface area contributed by atoms with Crippen molar-refractivity contribution >= 4 is 22.2 Å². The lowest BCUT2D eigenvalue weighted by Gasteiger charge is -2.10. The highest BCUT2D eigenvalue weighted by Crippen LogP contribution is 2.33. The zero-order chi connectivity index (χ0) is 28.6. The predicted molar refractivity (Wildman–Crippen MR) is 170 cm³/mol. The Morgan fingerprint density at radius 3 is 1.51 bits per heavy atom. The summed E-state index contributed by atoms with van der Waals surface area (Å²) in [5, 5.41) is 0.950. The van der Waals surface area contributed by atoms with Gasteiger partial charge in [-0.25, -0.2) is 24.9 Å². The van der Waals surface area contributed by atoms with Gasteiger partial charge < -0.3 is 4.42 Å². The topological polar surface area (TPSA) is 77.6 Å². The highest BCUT2D eigenvalue weighted by Gasteiger charge is 2.14. The molecule has 0 amide bonds. The number of hydrogen-bond donors (Lipinski definition) is 0. The Labute approximate surface area is 247 Å². The number of fused-ring (bicyclic) bond motifs is 3. The Morgan fingerprint density at radius 1 is 0.395 bits per heavy atom. The van der Waals surface area contributed by atoms with E-state index in [2.05, 4.69) is 58.5 Å². The highest BCUT2D eigenvalue weighted by molar-refractivity contribution is 6.02. The molecule has 8 rings (SSSR count). The fourth-order valence-corrected chi connectivity index (χ4v) is 5.33. The summed E-state index contributed by atoms with van der Waals surface area (Å²) < 4.78 is 5.87. The molecule has 5 aromatic carbocycles. The van der Waals surface area contributed by atoms with Gasteiger partial charge >= 0.3 is 0 Å². The van der Waals surface area contributed by atoms with E-state index >= 15 is 0 Å². The third-order valence-electron chi connectivity index (χ3n) is 7.46. The molecule has 0 spiro atoms. The first-order chi connectivity index (χ1) is 21.3. The summed E-state index contributed by atoms with van der Waals surface area (Å²) in [5.41, 5.74) is 9.24. The second-order valence-electron chi connectivity index (χ2n) is 10.2. The van der Waals surface area contributed by atoms with Crippen molar-refractivity contribution in [3.8, 4) is 56.4 Å². The average Bonchev–Trinajstić information content (AvgIpc) is 3.47. The maximum absolute atomic E-state index is 5.87. The van der Waals surface area contributed by atoms with Crippen molar-refractivity contribution in [2.75, 3.05) is 0 Å². The van der Waals surface area contributed by atoms with E-state index < -0.39 is 0 Å². The van der Waals surface area contributed by atoms with Crippen LogP contribution in [0, 0.1) is 0 Å². The second kappa shape index (κ2) is 10.4. The van der Waals surface area contributed by atoms with E-state index in [1.54, 1.807) is 12.4 Å². The van der Waals surface area contributed by atoms with Crippen LogP contribution in [0.4, 0.5) is 0 Å². The van der Waals surface area contributed by atoms with Crippen molar-refractivity contribution in [3.05, 3.63) is 140 Å². The van der Waals surface area contributed by atoms with Crippen LogP contribution in [0.15, 0.2) is 144 Å². The summed E-state index contributed by atoms with van der Waals surface area (Å²) in [6.45, 7) is 0. The highest BCUT2D eigenvalue weighted by atomic mass is 16.3. The minimum Gasteiger partial charge on any atom is -0.436 e. The van der Waals surface area contributed by atoms with Gasteiger partial charge in [-0.1, -0.05) is 103 Å². The Bertz CT molecular complexity index is 2190. The molecule has 3 aromatic heterocycles. The number of rotatable bonds is 5. The van der Waals surface area contributed by atoms with Crippen molar-refractivity contribution in [3.63, 3.8) is 0 Å². The van der Waals surface area contributed by atoms with Crippen LogP contribution in [-0.2, 0) is 0 Å². The number of nitrogens with zero attached hydrogens (tertiary/aromatic N) is 5. The standard InChI is InChI=1S/C37H23N5O/c1-3-9-24(10-4-1)34-40-35(25-11-5-2-6-12-25)42-36(41-34)30-16-8-15-28(22-30)26-13-7-14-27(21-26)29-17-18-32-31(23-29)33-37(43-32)39-20-19-38-33/h1-23H. The molecule has 0 aliphatic carbocycles. The number of benzene rings is 5. The maximum atomic E-state index is 5.87. The van der Waals surface area contributed by atoms with Gasteiger partial charge in [-0.15, -0.1) is 0 Å². The van der Waals surface area contributed by atoms with Gasteiger partial charge in [0.2, 0.25) is 5.71 Å². The Morgan fingerprint density at radius 2 is 0.884 bits per heavy atom. The summed E-state index contributed by atoms with van der Waals surface area (Å²) in [7, 11) is 0. The zero-order valence-electron chi connectivity index (χ0n) is 22.9.